The number of nitrogens with zero attached hydrogens (tertiary/aromatic N) is 4. The van der Waals surface area contributed by atoms with Crippen molar-refractivity contribution in [3.05, 3.63) is 54.4 Å². The lowest BCUT2D eigenvalue weighted by Gasteiger charge is -2.09. The molecule has 1 N–H and O–H groups in total. The first-order valence-electron chi connectivity index (χ1n) is 8.49. The van der Waals surface area contributed by atoms with Gasteiger partial charge in [0.05, 0.1) is 11.4 Å². The van der Waals surface area contributed by atoms with E-state index < -0.39 is 10.0 Å². The second kappa shape index (κ2) is 7.75. The van der Waals surface area contributed by atoms with Crippen LogP contribution in [0.15, 0.2) is 43.0 Å². The van der Waals surface area contributed by atoms with E-state index in [4.69, 9.17) is 4.74 Å². The zero-order valence-electron chi connectivity index (χ0n) is 15.4. The van der Waals surface area contributed by atoms with Crippen molar-refractivity contribution in [3.8, 4) is 17.4 Å². The number of aryl methyl sites for hydroxylation is 1. The van der Waals surface area contributed by atoms with Gasteiger partial charge in [-0.05, 0) is 44.5 Å². The summed E-state index contributed by atoms with van der Waals surface area (Å²) in [5.41, 5.74) is 2.41. The molecule has 0 fully saturated rings. The van der Waals surface area contributed by atoms with Crippen molar-refractivity contribution in [2.24, 2.45) is 0 Å². The lowest BCUT2D eigenvalue weighted by molar-refractivity contribution is 0.461. The summed E-state index contributed by atoms with van der Waals surface area (Å²) in [4.78, 5) is 12.6. The molecule has 142 valence electrons. The molecule has 3 aromatic rings. The van der Waals surface area contributed by atoms with Gasteiger partial charge in [-0.2, -0.15) is 0 Å². The first-order valence-corrected chi connectivity index (χ1v) is 10.1. The van der Waals surface area contributed by atoms with E-state index in [1.165, 1.54) is 6.33 Å². The number of hydrogen-bond acceptors (Lipinski definition) is 6. The van der Waals surface area contributed by atoms with E-state index in [0.717, 1.165) is 11.4 Å². The molecule has 9 heteroatoms. The molecule has 0 aliphatic heterocycles. The molecular weight excluding hydrogens is 366 g/mol. The van der Waals surface area contributed by atoms with Crippen LogP contribution >= 0.6 is 0 Å². The van der Waals surface area contributed by atoms with Crippen LogP contribution in [-0.4, -0.2) is 33.7 Å². The Hall–Kier alpha value is -2.94. The molecule has 8 nitrogen and oxygen atoms in total. The second-order valence-corrected chi connectivity index (χ2v) is 7.89. The summed E-state index contributed by atoms with van der Waals surface area (Å²) in [6.45, 7) is 5.71. The zero-order valence-corrected chi connectivity index (χ0v) is 16.2. The molecule has 2 aromatic heterocycles. The van der Waals surface area contributed by atoms with Crippen LogP contribution in [0.25, 0.3) is 5.82 Å². The molecule has 0 amide bonds. The first-order chi connectivity index (χ1) is 12.9. The fraction of sp³-hybridized carbons (Fsp3) is 0.278. The number of hydrogen-bond donors (Lipinski definition) is 1. The fourth-order valence-electron chi connectivity index (χ4n) is 2.46. The van der Waals surface area contributed by atoms with Crippen LogP contribution in [0.2, 0.25) is 0 Å². The topological polar surface area (TPSA) is 99.0 Å². The SMILES string of the molecule is CCCS(=O)(=O)Nc1ccc(Oc2cc(-n3cnc(C)c3C)ncn2)cc1. The number of anilines is 1. The minimum Gasteiger partial charge on any atom is -0.439 e. The highest BCUT2D eigenvalue weighted by Crippen LogP contribution is 2.23. The maximum atomic E-state index is 11.8. The van der Waals surface area contributed by atoms with Gasteiger partial charge in [-0.1, -0.05) is 6.92 Å². The summed E-state index contributed by atoms with van der Waals surface area (Å²) in [5, 5.41) is 0. The van der Waals surface area contributed by atoms with E-state index in [1.807, 2.05) is 25.3 Å². The van der Waals surface area contributed by atoms with Crippen LogP contribution in [0.4, 0.5) is 5.69 Å². The van der Waals surface area contributed by atoms with Crippen LogP contribution in [-0.2, 0) is 10.0 Å². The number of benzene rings is 1. The highest BCUT2D eigenvalue weighted by Gasteiger charge is 2.10. The molecule has 0 unspecified atom stereocenters. The van der Waals surface area contributed by atoms with Gasteiger partial charge < -0.3 is 4.74 Å². The van der Waals surface area contributed by atoms with Crippen molar-refractivity contribution in [1.82, 2.24) is 19.5 Å². The summed E-state index contributed by atoms with van der Waals surface area (Å²) in [6.07, 6.45) is 3.68. The highest BCUT2D eigenvalue weighted by atomic mass is 32.2. The fourth-order valence-corrected chi connectivity index (χ4v) is 3.59. The van der Waals surface area contributed by atoms with E-state index in [-0.39, 0.29) is 5.75 Å². The molecule has 3 rings (SSSR count). The Morgan fingerprint density at radius 1 is 1.11 bits per heavy atom. The predicted molar refractivity (Wildman–Crippen MR) is 103 cm³/mol. The Bertz CT molecular complexity index is 1030. The predicted octanol–water partition coefficient (Wildman–Crippen LogP) is 3.22. The largest absolute Gasteiger partial charge is 0.439 e. The maximum absolute atomic E-state index is 11.8. The van der Waals surface area contributed by atoms with Gasteiger partial charge in [0.25, 0.3) is 0 Å². The minimum atomic E-state index is -3.31. The Morgan fingerprint density at radius 2 is 1.85 bits per heavy atom. The Kier molecular flexibility index (Phi) is 5.41. The van der Waals surface area contributed by atoms with Crippen LogP contribution < -0.4 is 9.46 Å². The summed E-state index contributed by atoms with van der Waals surface area (Å²) >= 11 is 0. The molecule has 0 saturated heterocycles. The van der Waals surface area contributed by atoms with E-state index >= 15 is 0 Å². The molecule has 0 aliphatic rings. The third kappa shape index (κ3) is 4.62. The molecule has 0 atom stereocenters. The Labute approximate surface area is 158 Å². The van der Waals surface area contributed by atoms with E-state index in [2.05, 4.69) is 19.7 Å². The summed E-state index contributed by atoms with van der Waals surface area (Å²) in [6, 6.07) is 8.37. The molecule has 0 radical (unpaired) electrons. The van der Waals surface area contributed by atoms with E-state index in [0.29, 0.717) is 29.6 Å². The van der Waals surface area contributed by atoms with Gasteiger partial charge in [-0.25, -0.2) is 23.4 Å². The van der Waals surface area contributed by atoms with Crippen LogP contribution in [0.5, 0.6) is 11.6 Å². The van der Waals surface area contributed by atoms with Crippen LogP contribution in [0.1, 0.15) is 24.7 Å². The van der Waals surface area contributed by atoms with Crippen LogP contribution in [0.3, 0.4) is 0 Å². The van der Waals surface area contributed by atoms with Gasteiger partial charge in [-0.3, -0.25) is 9.29 Å². The van der Waals surface area contributed by atoms with Crippen molar-refractivity contribution in [2.45, 2.75) is 27.2 Å². The van der Waals surface area contributed by atoms with Gasteiger partial charge in [0.1, 0.15) is 24.2 Å². The average Bonchev–Trinajstić information content (AvgIpc) is 2.96. The molecule has 2 heterocycles. The van der Waals surface area contributed by atoms with Crippen molar-refractivity contribution < 1.29 is 13.2 Å². The third-order valence-corrected chi connectivity index (χ3v) is 5.44. The first kappa shape index (κ1) is 18.8. The zero-order chi connectivity index (χ0) is 19.4. The molecule has 0 saturated carbocycles. The number of nitrogens with one attached hydrogen (secondary N) is 1. The van der Waals surface area contributed by atoms with Crippen molar-refractivity contribution in [3.63, 3.8) is 0 Å². The Balaban J connectivity index is 1.74. The van der Waals surface area contributed by atoms with E-state index in [9.17, 15) is 8.42 Å². The quantitative estimate of drug-likeness (QED) is 0.668. The van der Waals surface area contributed by atoms with Gasteiger partial charge in [-0.15, -0.1) is 0 Å². The van der Waals surface area contributed by atoms with Gasteiger partial charge >= 0.3 is 0 Å². The molecule has 0 spiro atoms. The standard InChI is InChI=1S/C18H21N5O3S/c1-4-9-27(24,25)22-15-5-7-16(8-6-15)26-18-10-17(19-11-20-18)23-12-21-13(2)14(23)3/h5-8,10-12,22H,4,9H2,1-3H3. The summed E-state index contributed by atoms with van der Waals surface area (Å²) < 4.78 is 33.8. The lowest BCUT2D eigenvalue weighted by atomic mass is 10.3. The number of rotatable bonds is 7. The maximum Gasteiger partial charge on any atom is 0.232 e. The normalized spacial score (nSPS) is 11.4. The molecule has 0 aliphatic carbocycles. The number of ether oxygens (including phenoxy) is 1. The number of aromatic nitrogens is 4. The molecule has 27 heavy (non-hydrogen) atoms. The number of sulfonamides is 1. The number of imidazole rings is 1. The highest BCUT2D eigenvalue weighted by molar-refractivity contribution is 7.92. The van der Waals surface area contributed by atoms with Crippen molar-refractivity contribution in [2.75, 3.05) is 10.5 Å². The molecule has 1 aromatic carbocycles. The van der Waals surface area contributed by atoms with Crippen LogP contribution in [0, 0.1) is 13.8 Å². The van der Waals surface area contributed by atoms with Gasteiger partial charge in [0, 0.05) is 17.4 Å². The molecular formula is C18H21N5O3S. The van der Waals surface area contributed by atoms with Crippen molar-refractivity contribution >= 4 is 15.7 Å². The molecule has 0 bridgehead atoms. The second-order valence-electron chi connectivity index (χ2n) is 6.05. The van der Waals surface area contributed by atoms with Gasteiger partial charge in [0.15, 0.2) is 0 Å². The average molecular weight is 387 g/mol. The smallest absolute Gasteiger partial charge is 0.232 e. The van der Waals surface area contributed by atoms with E-state index in [1.54, 1.807) is 36.7 Å². The monoisotopic (exact) mass is 387 g/mol. The summed E-state index contributed by atoms with van der Waals surface area (Å²) in [7, 11) is -3.31. The van der Waals surface area contributed by atoms with Crippen molar-refractivity contribution in [1.29, 1.82) is 0 Å². The van der Waals surface area contributed by atoms with Gasteiger partial charge in [0.2, 0.25) is 15.9 Å². The minimum absolute atomic E-state index is 0.0854. The summed E-state index contributed by atoms with van der Waals surface area (Å²) in [5.74, 6) is 1.66. The Morgan fingerprint density at radius 3 is 2.48 bits per heavy atom. The third-order valence-electron chi connectivity index (χ3n) is 3.95. The lowest BCUT2D eigenvalue weighted by Crippen LogP contribution is -2.15.